The Bertz CT molecular complexity index is 2890. The maximum absolute atomic E-state index is 2.65. The van der Waals surface area contributed by atoms with Crippen LogP contribution in [-0.2, 0) is 27.1 Å². The van der Waals surface area contributed by atoms with Crippen LogP contribution in [0.1, 0.15) is 131 Å². The summed E-state index contributed by atoms with van der Waals surface area (Å²) in [4.78, 5) is 5.23. The Morgan fingerprint density at radius 2 is 0.984 bits per heavy atom. The summed E-state index contributed by atoms with van der Waals surface area (Å²) in [5, 5.41) is 2.75. The van der Waals surface area contributed by atoms with Gasteiger partial charge in [-0.15, -0.1) is 11.3 Å². The monoisotopic (exact) mass is 830 g/mol. The summed E-state index contributed by atoms with van der Waals surface area (Å²) in [7, 11) is 0. The zero-order valence-electron chi connectivity index (χ0n) is 39.3. The van der Waals surface area contributed by atoms with Crippen molar-refractivity contribution in [2.24, 2.45) is 0 Å². The molecule has 62 heavy (non-hydrogen) atoms. The Balaban J connectivity index is 1.35. The smallest absolute Gasteiger partial charge is 0.254 e. The van der Waals surface area contributed by atoms with Crippen LogP contribution in [0.2, 0.25) is 0 Å². The van der Waals surface area contributed by atoms with Crippen LogP contribution in [0.15, 0.2) is 121 Å². The lowest BCUT2D eigenvalue weighted by Crippen LogP contribution is -2.61. The van der Waals surface area contributed by atoms with E-state index < -0.39 is 0 Å². The molecule has 4 heteroatoms. The van der Waals surface area contributed by atoms with E-state index in [1.54, 1.807) is 0 Å². The highest BCUT2D eigenvalue weighted by atomic mass is 32.1. The van der Waals surface area contributed by atoms with E-state index in [9.17, 15) is 0 Å². The van der Waals surface area contributed by atoms with Gasteiger partial charge in [-0.1, -0.05) is 157 Å². The number of hydrogen-bond acceptors (Lipinski definition) is 3. The molecule has 314 valence electrons. The minimum atomic E-state index is -0.0157. The third kappa shape index (κ3) is 6.49. The quantitative estimate of drug-likeness (QED) is 0.164. The first-order valence-corrected chi connectivity index (χ1v) is 23.7. The number of benzene rings is 6. The van der Waals surface area contributed by atoms with E-state index in [1.165, 1.54) is 112 Å². The van der Waals surface area contributed by atoms with Crippen LogP contribution in [-0.4, -0.2) is 6.71 Å². The summed E-state index contributed by atoms with van der Waals surface area (Å²) in [6, 6.07) is 47.5. The molecule has 0 atom stereocenters. The number of hydrogen-bond donors (Lipinski definition) is 0. The van der Waals surface area contributed by atoms with Gasteiger partial charge in [-0.2, -0.15) is 0 Å². The minimum Gasteiger partial charge on any atom is -0.311 e. The standard InChI is InChI=1S/C58H63BN2S/c1-54(2,3)38-19-24-41(25-20-38)60-47-28-23-40(56(7,8)9)33-46(47)59-51-43-34-44-45(58(12,13)30-29-57(44,10)11)35-50(43)62-53(51)61(42-26-21-39(22-27-42)55(4,5)6)49-32-37(31-48(60)52(49)59)36-17-15-14-16-18-36/h14-28,31-35H,29-30H2,1-13H3. The molecule has 2 aliphatic heterocycles. The molecule has 1 aromatic heterocycles. The number of rotatable bonds is 3. The van der Waals surface area contributed by atoms with Gasteiger partial charge in [-0.3, -0.25) is 0 Å². The van der Waals surface area contributed by atoms with Gasteiger partial charge in [-0.05, 0) is 155 Å². The summed E-state index contributed by atoms with van der Waals surface area (Å²) in [6.45, 7) is 30.9. The van der Waals surface area contributed by atoms with Gasteiger partial charge < -0.3 is 9.80 Å². The number of anilines is 6. The van der Waals surface area contributed by atoms with Gasteiger partial charge in [0.05, 0.1) is 5.00 Å². The molecule has 0 unspecified atom stereocenters. The Labute approximate surface area is 376 Å². The Hall–Kier alpha value is -5.06. The second-order valence-electron chi connectivity index (χ2n) is 23.0. The molecule has 7 aromatic rings. The van der Waals surface area contributed by atoms with E-state index in [4.69, 9.17) is 0 Å². The Kier molecular flexibility index (Phi) is 9.07. The predicted molar refractivity (Wildman–Crippen MR) is 273 cm³/mol. The third-order valence-electron chi connectivity index (χ3n) is 14.6. The maximum Gasteiger partial charge on any atom is 0.254 e. The van der Waals surface area contributed by atoms with Crippen molar-refractivity contribution in [1.29, 1.82) is 0 Å². The Morgan fingerprint density at radius 3 is 1.53 bits per heavy atom. The first-order chi connectivity index (χ1) is 29.1. The average Bonchev–Trinajstić information content (AvgIpc) is 3.59. The van der Waals surface area contributed by atoms with Crippen LogP contribution in [0, 0.1) is 0 Å². The molecule has 1 aliphatic carbocycles. The van der Waals surface area contributed by atoms with Crippen LogP contribution in [0.25, 0.3) is 21.2 Å². The predicted octanol–water partition coefficient (Wildman–Crippen LogP) is 14.9. The van der Waals surface area contributed by atoms with E-state index >= 15 is 0 Å². The van der Waals surface area contributed by atoms with E-state index in [1.807, 2.05) is 11.3 Å². The van der Waals surface area contributed by atoms with Crippen molar-refractivity contribution in [3.63, 3.8) is 0 Å². The SMILES string of the molecule is CC(C)(C)c1ccc(N2c3ccc(C(C)(C)C)cc3B3c4c2cc(-c2ccccc2)cc4N(c2ccc(C(C)(C)C)cc2)c2sc4cc5c(cc4c23)C(C)(C)CCC5(C)C)cc1. The maximum atomic E-state index is 2.65. The molecule has 0 N–H and O–H groups in total. The molecule has 10 rings (SSSR count). The molecule has 0 saturated carbocycles. The van der Waals surface area contributed by atoms with Gasteiger partial charge in [0.25, 0.3) is 6.71 Å². The van der Waals surface area contributed by atoms with Crippen LogP contribution in [0.5, 0.6) is 0 Å². The fraction of sp³-hybridized carbons (Fsp3) is 0.345. The summed E-state index contributed by atoms with van der Waals surface area (Å²) in [5.41, 5.74) is 20.3. The van der Waals surface area contributed by atoms with Crippen molar-refractivity contribution < 1.29 is 0 Å². The van der Waals surface area contributed by atoms with Gasteiger partial charge in [-0.25, -0.2) is 0 Å². The van der Waals surface area contributed by atoms with Crippen molar-refractivity contribution in [3.8, 4) is 11.1 Å². The van der Waals surface area contributed by atoms with Gasteiger partial charge in [0.1, 0.15) is 0 Å². The lowest BCUT2D eigenvalue weighted by Gasteiger charge is -2.44. The van der Waals surface area contributed by atoms with Crippen LogP contribution in [0.4, 0.5) is 33.4 Å². The Morgan fingerprint density at radius 1 is 0.484 bits per heavy atom. The summed E-state index contributed by atoms with van der Waals surface area (Å²) in [6.07, 6.45) is 2.39. The van der Waals surface area contributed by atoms with Crippen molar-refractivity contribution in [2.75, 3.05) is 9.80 Å². The highest BCUT2D eigenvalue weighted by Crippen LogP contribution is 2.53. The fourth-order valence-electron chi connectivity index (χ4n) is 10.6. The third-order valence-corrected chi connectivity index (χ3v) is 15.8. The number of thiophene rings is 1. The molecule has 0 fully saturated rings. The minimum absolute atomic E-state index is 0.0157. The molecule has 0 spiro atoms. The lowest BCUT2D eigenvalue weighted by molar-refractivity contribution is 0.332. The van der Waals surface area contributed by atoms with Gasteiger partial charge >= 0.3 is 0 Å². The van der Waals surface area contributed by atoms with Crippen LogP contribution >= 0.6 is 11.3 Å². The van der Waals surface area contributed by atoms with E-state index in [-0.39, 0.29) is 33.8 Å². The summed E-state index contributed by atoms with van der Waals surface area (Å²) >= 11 is 2.00. The van der Waals surface area contributed by atoms with Crippen LogP contribution in [0.3, 0.4) is 0 Å². The molecule has 0 bridgehead atoms. The molecule has 6 aromatic carbocycles. The highest BCUT2D eigenvalue weighted by Gasteiger charge is 2.47. The zero-order valence-corrected chi connectivity index (χ0v) is 40.2. The van der Waals surface area contributed by atoms with E-state index in [0.717, 1.165) is 0 Å². The second kappa shape index (κ2) is 13.7. The first kappa shape index (κ1) is 41.0. The largest absolute Gasteiger partial charge is 0.311 e. The van der Waals surface area contributed by atoms with E-state index in [2.05, 4.69) is 221 Å². The molecular weight excluding hydrogens is 768 g/mol. The number of nitrogens with zero attached hydrogens (tertiary/aromatic N) is 2. The second-order valence-corrected chi connectivity index (χ2v) is 24.0. The van der Waals surface area contributed by atoms with Gasteiger partial charge in [0.2, 0.25) is 0 Å². The zero-order chi connectivity index (χ0) is 43.9. The van der Waals surface area contributed by atoms with Gasteiger partial charge in [0.15, 0.2) is 0 Å². The van der Waals surface area contributed by atoms with Crippen LogP contribution < -0.4 is 26.2 Å². The van der Waals surface area contributed by atoms with Crippen molar-refractivity contribution >= 4 is 78.0 Å². The number of fused-ring (bicyclic) bond motifs is 7. The van der Waals surface area contributed by atoms with E-state index in [0.29, 0.717) is 0 Å². The average molecular weight is 831 g/mol. The molecule has 3 heterocycles. The van der Waals surface area contributed by atoms with Crippen molar-refractivity contribution in [3.05, 3.63) is 149 Å². The molecule has 2 nitrogen and oxygen atoms in total. The molecular formula is C58H63BN2S. The molecule has 0 radical (unpaired) electrons. The lowest BCUT2D eigenvalue weighted by atomic mass is 9.33. The summed E-state index contributed by atoms with van der Waals surface area (Å²) < 4.78 is 1.39. The highest BCUT2D eigenvalue weighted by molar-refractivity contribution is 7.26. The molecule has 0 saturated heterocycles. The van der Waals surface area contributed by atoms with Crippen molar-refractivity contribution in [2.45, 2.75) is 130 Å². The molecule has 0 amide bonds. The van der Waals surface area contributed by atoms with Gasteiger partial charge in [0, 0.05) is 33.1 Å². The normalized spacial score (nSPS) is 16.5. The summed E-state index contributed by atoms with van der Waals surface area (Å²) in [5.74, 6) is 0. The fourth-order valence-corrected chi connectivity index (χ4v) is 11.9. The molecule has 3 aliphatic rings. The van der Waals surface area contributed by atoms with Crippen molar-refractivity contribution in [1.82, 2.24) is 0 Å². The topological polar surface area (TPSA) is 6.48 Å². The first-order valence-electron chi connectivity index (χ1n) is 22.9.